The molecular weight excluding hydrogens is 258 g/mol. The number of para-hydroxylation sites is 1. The van der Waals surface area contributed by atoms with Crippen LogP contribution in [0.25, 0.3) is 0 Å². The molecule has 108 valence electrons. The number of ether oxygens (including phenoxy) is 1. The third-order valence-corrected chi connectivity index (χ3v) is 3.67. The summed E-state index contributed by atoms with van der Waals surface area (Å²) >= 11 is 0. The number of hydrogen-bond donors (Lipinski definition) is 2. The Kier molecular flexibility index (Phi) is 3.97. The van der Waals surface area contributed by atoms with Gasteiger partial charge in [-0.2, -0.15) is 0 Å². The van der Waals surface area contributed by atoms with E-state index in [1.165, 1.54) is 0 Å². The smallest absolute Gasteiger partial charge is 0.308 e. The van der Waals surface area contributed by atoms with Gasteiger partial charge in [0.15, 0.2) is 5.60 Å². The first-order valence-electron chi connectivity index (χ1n) is 6.72. The van der Waals surface area contributed by atoms with Crippen molar-refractivity contribution < 1.29 is 19.4 Å². The molecular formula is C15H19NO4. The Bertz CT molecular complexity index is 496. The lowest BCUT2D eigenvalue weighted by Gasteiger charge is -2.23. The van der Waals surface area contributed by atoms with Crippen LogP contribution in [0.2, 0.25) is 0 Å². The van der Waals surface area contributed by atoms with Crippen molar-refractivity contribution in [1.29, 1.82) is 0 Å². The van der Waals surface area contributed by atoms with Gasteiger partial charge in [-0.3, -0.25) is 9.59 Å². The molecule has 0 saturated heterocycles. The highest BCUT2D eigenvalue weighted by molar-refractivity contribution is 5.89. The second-order valence-corrected chi connectivity index (χ2v) is 5.30. The molecule has 0 aliphatic heterocycles. The van der Waals surface area contributed by atoms with Gasteiger partial charge >= 0.3 is 5.97 Å². The normalized spacial score (nSPS) is 18.7. The minimum absolute atomic E-state index is 0.234. The van der Waals surface area contributed by atoms with Crippen molar-refractivity contribution in [3.05, 3.63) is 30.3 Å². The number of aliphatic carboxylic acids is 1. The third-order valence-electron chi connectivity index (χ3n) is 3.67. The zero-order valence-electron chi connectivity index (χ0n) is 11.6. The first-order valence-corrected chi connectivity index (χ1v) is 6.72. The Morgan fingerprint density at radius 1 is 1.25 bits per heavy atom. The third kappa shape index (κ3) is 3.10. The summed E-state index contributed by atoms with van der Waals surface area (Å²) in [5.74, 6) is -1.14. The molecule has 1 fully saturated rings. The van der Waals surface area contributed by atoms with Gasteiger partial charge in [-0.15, -0.1) is 0 Å². The molecule has 1 aromatic carbocycles. The van der Waals surface area contributed by atoms with Crippen LogP contribution in [0.1, 0.15) is 26.7 Å². The summed E-state index contributed by atoms with van der Waals surface area (Å²) < 4.78 is 5.76. The van der Waals surface area contributed by atoms with Crippen molar-refractivity contribution in [2.24, 2.45) is 5.92 Å². The predicted molar refractivity (Wildman–Crippen MR) is 73.4 cm³/mol. The van der Waals surface area contributed by atoms with E-state index in [4.69, 9.17) is 9.84 Å². The lowest BCUT2D eigenvalue weighted by atomic mass is 10.0. The van der Waals surface area contributed by atoms with E-state index < -0.39 is 23.5 Å². The van der Waals surface area contributed by atoms with E-state index in [-0.39, 0.29) is 5.91 Å². The molecule has 1 saturated carbocycles. The highest BCUT2D eigenvalue weighted by Crippen LogP contribution is 2.40. The minimum Gasteiger partial charge on any atom is -0.481 e. The molecule has 5 nitrogen and oxygen atoms in total. The van der Waals surface area contributed by atoms with Crippen molar-refractivity contribution in [3.63, 3.8) is 0 Å². The van der Waals surface area contributed by atoms with E-state index in [2.05, 4.69) is 5.32 Å². The molecule has 1 aromatic rings. The second-order valence-electron chi connectivity index (χ2n) is 5.30. The van der Waals surface area contributed by atoms with Gasteiger partial charge in [-0.05, 0) is 26.0 Å². The maximum Gasteiger partial charge on any atom is 0.308 e. The lowest BCUT2D eigenvalue weighted by Crippen LogP contribution is -2.47. The van der Waals surface area contributed by atoms with Gasteiger partial charge in [-0.1, -0.05) is 18.2 Å². The predicted octanol–water partition coefficient (Wildman–Crippen LogP) is 1.82. The molecule has 20 heavy (non-hydrogen) atoms. The Labute approximate surface area is 117 Å². The lowest BCUT2D eigenvalue weighted by molar-refractivity contribution is -0.142. The number of hydrogen-bond acceptors (Lipinski definition) is 3. The first-order chi connectivity index (χ1) is 9.44. The number of benzene rings is 1. The Morgan fingerprint density at radius 3 is 2.35 bits per heavy atom. The van der Waals surface area contributed by atoms with Gasteiger partial charge in [0.1, 0.15) is 5.75 Å². The second kappa shape index (κ2) is 5.53. The van der Waals surface area contributed by atoms with Gasteiger partial charge in [0, 0.05) is 18.9 Å². The summed E-state index contributed by atoms with van der Waals surface area (Å²) in [7, 11) is 0. The summed E-state index contributed by atoms with van der Waals surface area (Å²) in [5.41, 5.74) is -0.826. The molecule has 2 unspecified atom stereocenters. The van der Waals surface area contributed by atoms with E-state index in [9.17, 15) is 9.59 Å². The number of rotatable bonds is 6. The molecule has 1 amide bonds. The van der Waals surface area contributed by atoms with Crippen molar-refractivity contribution >= 4 is 11.9 Å². The number of nitrogens with one attached hydrogen (secondary N) is 1. The topological polar surface area (TPSA) is 75.6 Å². The van der Waals surface area contributed by atoms with Gasteiger partial charge < -0.3 is 15.2 Å². The summed E-state index contributed by atoms with van der Waals surface area (Å²) in [6.45, 7) is 3.26. The van der Waals surface area contributed by atoms with E-state index in [0.29, 0.717) is 18.6 Å². The van der Waals surface area contributed by atoms with Crippen molar-refractivity contribution in [2.45, 2.75) is 38.3 Å². The molecule has 0 radical (unpaired) electrons. The molecule has 0 aromatic heterocycles. The van der Waals surface area contributed by atoms with Gasteiger partial charge in [0.05, 0.1) is 5.92 Å². The molecule has 0 heterocycles. The van der Waals surface area contributed by atoms with Crippen LogP contribution < -0.4 is 10.1 Å². The molecule has 2 atom stereocenters. The minimum atomic E-state index is -0.924. The fourth-order valence-electron chi connectivity index (χ4n) is 1.88. The summed E-state index contributed by atoms with van der Waals surface area (Å²) in [4.78, 5) is 23.1. The van der Waals surface area contributed by atoms with Crippen LogP contribution >= 0.6 is 0 Å². The maximum atomic E-state index is 12.2. The first kappa shape index (κ1) is 14.4. The van der Waals surface area contributed by atoms with E-state index in [1.54, 1.807) is 26.0 Å². The Morgan fingerprint density at radius 2 is 1.85 bits per heavy atom. The summed E-state index contributed by atoms with van der Waals surface area (Å²) in [6, 6.07) is 8.74. The molecule has 5 heteroatoms. The van der Waals surface area contributed by atoms with Gasteiger partial charge in [0.2, 0.25) is 0 Å². The molecule has 1 aliphatic rings. The molecule has 0 spiro atoms. The maximum absolute atomic E-state index is 12.2. The highest BCUT2D eigenvalue weighted by atomic mass is 16.5. The Hall–Kier alpha value is -2.04. The van der Waals surface area contributed by atoms with Crippen LogP contribution in [0.4, 0.5) is 0 Å². The van der Waals surface area contributed by atoms with Crippen LogP contribution in [-0.4, -0.2) is 28.6 Å². The molecule has 1 aliphatic carbocycles. The van der Waals surface area contributed by atoms with Crippen LogP contribution in [0, 0.1) is 5.92 Å². The zero-order valence-corrected chi connectivity index (χ0v) is 11.6. The van der Waals surface area contributed by atoms with Crippen LogP contribution in [0.3, 0.4) is 0 Å². The van der Waals surface area contributed by atoms with Crippen LogP contribution in [-0.2, 0) is 9.59 Å². The number of carboxylic acid groups (broad SMARTS) is 1. The monoisotopic (exact) mass is 277 g/mol. The fraction of sp³-hybridized carbons (Fsp3) is 0.467. The molecule has 2 rings (SSSR count). The number of carbonyl (C=O) groups excluding carboxylic acids is 1. The number of amides is 1. The summed E-state index contributed by atoms with van der Waals surface area (Å²) in [6.07, 6.45) is 1.31. The molecule has 0 bridgehead atoms. The van der Waals surface area contributed by atoms with Gasteiger partial charge in [-0.25, -0.2) is 0 Å². The van der Waals surface area contributed by atoms with Crippen molar-refractivity contribution in [2.75, 3.05) is 0 Å². The summed E-state index contributed by atoms with van der Waals surface area (Å²) in [5, 5.41) is 11.7. The average Bonchev–Trinajstić information content (AvgIpc) is 3.19. The van der Waals surface area contributed by atoms with E-state index in [1.807, 2.05) is 18.2 Å². The van der Waals surface area contributed by atoms with Crippen LogP contribution in [0.15, 0.2) is 30.3 Å². The Balaban J connectivity index is 1.97. The van der Waals surface area contributed by atoms with Crippen molar-refractivity contribution in [3.8, 4) is 5.75 Å². The van der Waals surface area contributed by atoms with Crippen LogP contribution in [0.5, 0.6) is 5.75 Å². The van der Waals surface area contributed by atoms with Crippen molar-refractivity contribution in [1.82, 2.24) is 5.32 Å². The molecule has 2 N–H and O–H groups in total. The number of carbonyl (C=O) groups is 2. The van der Waals surface area contributed by atoms with E-state index in [0.717, 1.165) is 0 Å². The van der Waals surface area contributed by atoms with Gasteiger partial charge in [0.25, 0.3) is 5.91 Å². The quantitative estimate of drug-likeness (QED) is 0.831. The zero-order chi connectivity index (χ0) is 14.8. The highest BCUT2D eigenvalue weighted by Gasteiger charge is 2.53. The largest absolute Gasteiger partial charge is 0.481 e. The standard InChI is InChI=1S/C15H19NO4/c1-10(13(17)18)11(2)16-14(19)15(8-9-15)20-12-6-4-3-5-7-12/h3-7,10-11H,8-9H2,1-2H3,(H,16,19)(H,17,18). The fourth-order valence-corrected chi connectivity index (χ4v) is 1.88. The number of carboxylic acids is 1. The average molecular weight is 277 g/mol. The van der Waals surface area contributed by atoms with E-state index >= 15 is 0 Å². The SMILES string of the molecule is CC(NC(=O)C1(Oc2ccccc2)CC1)C(C)C(=O)O.